The number of hydrogen-bond donors (Lipinski definition) is 1. The molecule has 8 nitrogen and oxygen atoms in total. The first-order valence-corrected chi connectivity index (χ1v) is 8.50. The fourth-order valence-corrected chi connectivity index (χ4v) is 2.43. The van der Waals surface area contributed by atoms with Gasteiger partial charge in [-0.05, 0) is 43.1 Å². The molecule has 28 heavy (non-hydrogen) atoms. The van der Waals surface area contributed by atoms with Gasteiger partial charge in [0.15, 0.2) is 0 Å². The molecule has 1 aromatic carbocycles. The average molecular weight is 381 g/mol. The molecule has 0 spiro atoms. The first-order valence-electron chi connectivity index (χ1n) is 9.50. The quantitative estimate of drug-likeness (QED) is 0.447. The van der Waals surface area contributed by atoms with Gasteiger partial charge in [0.25, 0.3) is 0 Å². The molecule has 9 heteroatoms. The maximum atomic E-state index is 9.80. The standard InChI is InChI=1S/C19H18BN3O5/c1-12(2)25-6-7-26-19-17(22-3)9-13(10-21)18(23-19)28-15-4-5-16-14(8-15)11-27-20(16)24/h4-5,8-9,12,24H,6-7,11H2,1-2H3/i11D2. The Balaban J connectivity index is 1.88. The van der Waals surface area contributed by atoms with Crippen LogP contribution in [0, 0.1) is 17.9 Å². The summed E-state index contributed by atoms with van der Waals surface area (Å²) in [6, 6.07) is 7.58. The Morgan fingerprint density at radius 2 is 2.25 bits per heavy atom. The topological polar surface area (TPSA) is 98.2 Å². The highest BCUT2D eigenvalue weighted by molar-refractivity contribution is 6.61. The second kappa shape index (κ2) is 8.72. The summed E-state index contributed by atoms with van der Waals surface area (Å²) in [5.41, 5.74) is 0.487. The van der Waals surface area contributed by atoms with Crippen molar-refractivity contribution in [3.63, 3.8) is 0 Å². The van der Waals surface area contributed by atoms with Crippen molar-refractivity contribution >= 4 is 18.3 Å². The van der Waals surface area contributed by atoms with E-state index >= 15 is 0 Å². The van der Waals surface area contributed by atoms with Gasteiger partial charge in [-0.1, -0.05) is 6.07 Å². The molecule has 1 N–H and O–H groups in total. The normalized spacial score (nSPS) is 15.3. The van der Waals surface area contributed by atoms with E-state index in [1.54, 1.807) is 0 Å². The molecule has 2 aromatic rings. The van der Waals surface area contributed by atoms with Gasteiger partial charge in [-0.25, -0.2) is 4.85 Å². The lowest BCUT2D eigenvalue weighted by Crippen LogP contribution is -2.27. The summed E-state index contributed by atoms with van der Waals surface area (Å²) in [5, 5.41) is 19.2. The predicted octanol–water partition coefficient (Wildman–Crippen LogP) is 2.32. The van der Waals surface area contributed by atoms with Crippen LogP contribution in [0.3, 0.4) is 0 Å². The van der Waals surface area contributed by atoms with Crippen molar-refractivity contribution in [3.05, 3.63) is 46.8 Å². The molecule has 0 bridgehead atoms. The van der Waals surface area contributed by atoms with E-state index in [9.17, 15) is 10.3 Å². The second-order valence-electron chi connectivity index (χ2n) is 6.08. The predicted molar refractivity (Wildman–Crippen MR) is 101 cm³/mol. The van der Waals surface area contributed by atoms with Crippen molar-refractivity contribution in [2.24, 2.45) is 0 Å². The van der Waals surface area contributed by atoms with Crippen LogP contribution >= 0.6 is 0 Å². The molecule has 1 aliphatic rings. The molecule has 1 aliphatic heterocycles. The SMILES string of the molecule is [2H]C1([2H])OB(O)c2ccc(Oc3nc(OCCOC(C)C)c([N+]#[C-])cc3C#N)cc21. The summed E-state index contributed by atoms with van der Waals surface area (Å²) in [4.78, 5) is 7.50. The van der Waals surface area contributed by atoms with E-state index in [1.807, 2.05) is 19.9 Å². The zero-order valence-corrected chi connectivity index (χ0v) is 15.3. The lowest BCUT2D eigenvalue weighted by Gasteiger charge is -2.13. The smallest absolute Gasteiger partial charge is 0.484 e. The van der Waals surface area contributed by atoms with Crippen LogP contribution in [0.4, 0.5) is 5.69 Å². The van der Waals surface area contributed by atoms with E-state index in [-0.39, 0.29) is 47.0 Å². The number of aromatic nitrogens is 1. The molecule has 0 atom stereocenters. The molecule has 0 saturated carbocycles. The third-order valence-electron chi connectivity index (χ3n) is 3.73. The van der Waals surface area contributed by atoms with Crippen molar-refractivity contribution in [3.8, 4) is 23.6 Å². The number of nitrogens with zero attached hydrogens (tertiary/aromatic N) is 3. The van der Waals surface area contributed by atoms with Crippen LogP contribution < -0.4 is 14.9 Å². The Morgan fingerprint density at radius 3 is 2.96 bits per heavy atom. The number of nitriles is 1. The monoisotopic (exact) mass is 381 g/mol. The molecule has 0 radical (unpaired) electrons. The molecule has 0 fully saturated rings. The van der Waals surface area contributed by atoms with Gasteiger partial charge in [0, 0.05) is 0 Å². The molecular formula is C19H18BN3O5. The number of pyridine rings is 1. The first kappa shape index (κ1) is 17.0. The number of hydrogen-bond acceptors (Lipinski definition) is 7. The molecule has 2 heterocycles. The number of benzene rings is 1. The molecule has 0 saturated heterocycles. The Hall–Kier alpha value is -3.11. The number of ether oxygens (including phenoxy) is 3. The summed E-state index contributed by atoms with van der Waals surface area (Å²) >= 11 is 0. The molecular weight excluding hydrogens is 361 g/mol. The Morgan fingerprint density at radius 1 is 1.43 bits per heavy atom. The van der Waals surface area contributed by atoms with Gasteiger partial charge in [-0.15, -0.1) is 0 Å². The van der Waals surface area contributed by atoms with Crippen LogP contribution in [0.25, 0.3) is 4.85 Å². The third-order valence-corrected chi connectivity index (χ3v) is 3.73. The van der Waals surface area contributed by atoms with E-state index < -0.39 is 13.7 Å². The van der Waals surface area contributed by atoms with Gasteiger partial charge >= 0.3 is 7.12 Å². The lowest BCUT2D eigenvalue weighted by atomic mass is 9.80. The molecule has 1 aromatic heterocycles. The summed E-state index contributed by atoms with van der Waals surface area (Å²) in [6.45, 7) is 9.34. The van der Waals surface area contributed by atoms with E-state index in [2.05, 4.69) is 9.83 Å². The first-order chi connectivity index (χ1) is 14.2. The zero-order valence-electron chi connectivity index (χ0n) is 17.3. The Bertz CT molecular complexity index is 1040. The van der Waals surface area contributed by atoms with Crippen molar-refractivity contribution in [2.75, 3.05) is 13.2 Å². The van der Waals surface area contributed by atoms with E-state index in [0.29, 0.717) is 12.1 Å². The minimum atomic E-state index is -2.18. The van der Waals surface area contributed by atoms with Crippen LogP contribution in [-0.2, 0) is 16.0 Å². The van der Waals surface area contributed by atoms with Gasteiger partial charge in [0.1, 0.15) is 24.0 Å². The Kier molecular flexibility index (Phi) is 5.30. The van der Waals surface area contributed by atoms with E-state index in [1.165, 1.54) is 24.3 Å². The van der Waals surface area contributed by atoms with Crippen LogP contribution in [0.2, 0.25) is 0 Å². The zero-order chi connectivity index (χ0) is 21.9. The van der Waals surface area contributed by atoms with Crippen molar-refractivity contribution < 1.29 is 26.6 Å². The van der Waals surface area contributed by atoms with Crippen molar-refractivity contribution in [1.82, 2.24) is 4.98 Å². The van der Waals surface area contributed by atoms with Crippen molar-refractivity contribution in [2.45, 2.75) is 26.5 Å². The molecule has 142 valence electrons. The van der Waals surface area contributed by atoms with Crippen LogP contribution in [0.5, 0.6) is 17.5 Å². The van der Waals surface area contributed by atoms with Gasteiger partial charge in [-0.2, -0.15) is 10.2 Å². The molecule has 0 aliphatic carbocycles. The maximum Gasteiger partial charge on any atom is 0.491 e. The molecule has 3 rings (SSSR count). The molecule has 0 unspecified atom stereocenters. The number of fused-ring (bicyclic) bond motifs is 1. The largest absolute Gasteiger partial charge is 0.491 e. The second-order valence-corrected chi connectivity index (χ2v) is 6.08. The van der Waals surface area contributed by atoms with Gasteiger partial charge in [-0.3, -0.25) is 0 Å². The van der Waals surface area contributed by atoms with Gasteiger partial charge < -0.3 is 23.9 Å². The average Bonchev–Trinajstić information content (AvgIpc) is 2.93. The lowest BCUT2D eigenvalue weighted by molar-refractivity contribution is 0.0543. The summed E-state index contributed by atoms with van der Waals surface area (Å²) in [5.74, 6) is 0.0928. The van der Waals surface area contributed by atoms with Gasteiger partial charge in [0.05, 0.1) is 28.6 Å². The van der Waals surface area contributed by atoms with Crippen LogP contribution in [0.1, 0.15) is 27.7 Å². The minimum absolute atomic E-state index is 0.00148. The number of rotatable bonds is 7. The molecule has 0 amide bonds. The van der Waals surface area contributed by atoms with E-state index in [4.69, 9.17) is 28.2 Å². The van der Waals surface area contributed by atoms with Crippen LogP contribution in [0.15, 0.2) is 24.3 Å². The highest BCUT2D eigenvalue weighted by atomic mass is 16.5. The third kappa shape index (κ3) is 4.41. The minimum Gasteiger partial charge on any atom is -0.484 e. The highest BCUT2D eigenvalue weighted by Gasteiger charge is 2.27. The Labute approximate surface area is 166 Å². The summed E-state index contributed by atoms with van der Waals surface area (Å²) in [7, 11) is -1.37. The van der Waals surface area contributed by atoms with Gasteiger partial charge in [0.2, 0.25) is 17.4 Å². The summed E-state index contributed by atoms with van der Waals surface area (Å²) in [6.07, 6.45) is 0.0326. The fourth-order valence-electron chi connectivity index (χ4n) is 2.43. The van der Waals surface area contributed by atoms with Crippen molar-refractivity contribution in [1.29, 1.82) is 5.26 Å². The fraction of sp³-hybridized carbons (Fsp3) is 0.316. The maximum absolute atomic E-state index is 9.80. The summed E-state index contributed by atoms with van der Waals surface area (Å²) < 4.78 is 37.2. The van der Waals surface area contributed by atoms with E-state index in [0.717, 1.165) is 0 Å². The van der Waals surface area contributed by atoms with Crippen LogP contribution in [-0.4, -0.2) is 36.4 Å². The highest BCUT2D eigenvalue weighted by Crippen LogP contribution is 2.33.